The van der Waals surface area contributed by atoms with E-state index in [0.29, 0.717) is 12.8 Å². The second-order valence-corrected chi connectivity index (χ2v) is 20.0. The summed E-state index contributed by atoms with van der Waals surface area (Å²) in [5, 5.41) is 120. The quantitative estimate of drug-likeness (QED) is 0.0297. The van der Waals surface area contributed by atoms with Crippen molar-refractivity contribution in [3.8, 4) is 0 Å². The van der Waals surface area contributed by atoms with Crippen LogP contribution < -0.4 is 5.32 Å². The number of carbonyl (C=O) groups is 1. The van der Waals surface area contributed by atoms with Gasteiger partial charge < -0.3 is 89.9 Å². The molecule has 3 fully saturated rings. The van der Waals surface area contributed by atoms with Crippen LogP contribution in [0.25, 0.3) is 0 Å². The van der Waals surface area contributed by atoms with Crippen LogP contribution in [0, 0.1) is 0 Å². The van der Waals surface area contributed by atoms with E-state index < -0.39 is 131 Å². The largest absolute Gasteiger partial charge is 0.394 e. The van der Waals surface area contributed by atoms with Gasteiger partial charge in [0, 0.05) is 6.42 Å². The molecule has 0 saturated carbocycles. The van der Waals surface area contributed by atoms with Crippen molar-refractivity contribution in [2.75, 3.05) is 26.4 Å². The van der Waals surface area contributed by atoms with Crippen molar-refractivity contribution in [3.63, 3.8) is 0 Å². The predicted molar refractivity (Wildman–Crippen MR) is 304 cm³/mol. The molecule has 17 atom stereocenters. The monoisotopic (exact) mass is 1130 g/mol. The third-order valence-electron chi connectivity index (χ3n) is 13.5. The molecule has 3 aliphatic rings. The minimum absolute atomic E-state index is 0.170. The number of nitrogens with one attached hydrogen (secondary N) is 1. The van der Waals surface area contributed by atoms with Crippen LogP contribution in [0.15, 0.2) is 122 Å². The Morgan fingerprint density at radius 1 is 0.463 bits per heavy atom. The first-order valence-electron chi connectivity index (χ1n) is 28.8. The maximum Gasteiger partial charge on any atom is 0.220 e. The molecule has 3 rings (SSSR count). The number of rotatable bonds is 39. The van der Waals surface area contributed by atoms with Gasteiger partial charge in [-0.25, -0.2) is 0 Å². The molecule has 0 spiro atoms. The minimum Gasteiger partial charge on any atom is -0.394 e. The predicted octanol–water partition coefficient (Wildman–Crippen LogP) is 4.53. The minimum atomic E-state index is -1.99. The van der Waals surface area contributed by atoms with E-state index in [-0.39, 0.29) is 12.3 Å². The van der Waals surface area contributed by atoms with Gasteiger partial charge in [0.25, 0.3) is 0 Å². The molecular formula is C61H97NO18. The summed E-state index contributed by atoms with van der Waals surface area (Å²) >= 11 is 0. The molecule has 17 unspecified atom stereocenters. The molecule has 3 heterocycles. The number of unbranched alkanes of at least 4 members (excludes halogenated alkanes) is 5. The Morgan fingerprint density at radius 2 is 0.863 bits per heavy atom. The van der Waals surface area contributed by atoms with Crippen molar-refractivity contribution in [3.05, 3.63) is 122 Å². The van der Waals surface area contributed by atoms with Gasteiger partial charge in [0.05, 0.1) is 38.6 Å². The normalized spacial score (nSPS) is 30.9. The molecular weight excluding hydrogens is 1030 g/mol. The summed E-state index contributed by atoms with van der Waals surface area (Å²) in [4.78, 5) is 13.2. The zero-order valence-electron chi connectivity index (χ0n) is 47.0. The Labute approximate surface area is 474 Å². The standard InChI is InChI=1S/C61H97NO18/c1-3-5-7-9-11-13-14-15-16-17-18-19-20-21-22-23-24-25-26-27-28-29-30-31-33-35-37-39-49(67)62-44(45(66)38-36-34-32-12-10-8-6-4-2)43-75-59-55(73)52(70)57(47(41-64)77-59)80-61-56(74)53(71)58(48(42-65)78-61)79-60-54(72)51(69)50(68)46(40-63)76-60/h5,7,10-13,15-16,18-19,21-22,24-25,27-28,30-31,36,38,44-48,50-61,63-66,68-74H,3-4,6,8-9,14,17,20,23,26,29,32-35,37,39-43H2,1-2H3,(H,62,67)/b7-5-,12-10+,13-11-,16-15-,19-18-,22-21-,25-24-,28-27-,31-30-,38-36+. The molecule has 0 aliphatic carbocycles. The number of allylic oxidation sites excluding steroid dienone is 19. The summed E-state index contributed by atoms with van der Waals surface area (Å²) in [5.74, 6) is -0.340. The maximum atomic E-state index is 13.2. The number of carbonyl (C=O) groups excluding carboxylic acids is 1. The topological polar surface area (TPSA) is 307 Å². The molecule has 0 aromatic heterocycles. The third-order valence-corrected chi connectivity index (χ3v) is 13.5. The van der Waals surface area contributed by atoms with E-state index in [0.717, 1.165) is 89.9 Å². The first-order chi connectivity index (χ1) is 38.8. The number of ether oxygens (including phenoxy) is 6. The van der Waals surface area contributed by atoms with E-state index in [1.54, 1.807) is 12.2 Å². The first-order valence-corrected chi connectivity index (χ1v) is 28.8. The summed E-state index contributed by atoms with van der Waals surface area (Å²) in [6.45, 7) is 1.41. The highest BCUT2D eigenvalue weighted by atomic mass is 16.8. The molecule has 80 heavy (non-hydrogen) atoms. The van der Waals surface area contributed by atoms with E-state index in [1.165, 1.54) is 0 Å². The lowest BCUT2D eigenvalue weighted by Gasteiger charge is -2.48. The highest BCUT2D eigenvalue weighted by Gasteiger charge is 2.53. The average Bonchev–Trinajstić information content (AvgIpc) is 3.55. The number of hydrogen-bond acceptors (Lipinski definition) is 18. The van der Waals surface area contributed by atoms with Crippen molar-refractivity contribution in [1.82, 2.24) is 5.32 Å². The fourth-order valence-electron chi connectivity index (χ4n) is 8.73. The molecule has 0 aromatic carbocycles. The number of aliphatic hydroxyl groups is 11. The summed E-state index contributed by atoms with van der Waals surface area (Å²) in [6.07, 6.45) is 29.4. The van der Waals surface area contributed by atoms with Crippen molar-refractivity contribution < 1.29 is 89.4 Å². The molecule has 19 heteroatoms. The Hall–Kier alpha value is -3.81. The van der Waals surface area contributed by atoms with Crippen LogP contribution in [0.5, 0.6) is 0 Å². The molecule has 19 nitrogen and oxygen atoms in total. The van der Waals surface area contributed by atoms with Crippen LogP contribution >= 0.6 is 0 Å². The molecule has 0 radical (unpaired) electrons. The van der Waals surface area contributed by atoms with Crippen LogP contribution in [0.3, 0.4) is 0 Å². The lowest BCUT2D eigenvalue weighted by molar-refractivity contribution is -0.379. The van der Waals surface area contributed by atoms with E-state index in [9.17, 15) is 61.0 Å². The lowest BCUT2D eigenvalue weighted by atomic mass is 9.96. The van der Waals surface area contributed by atoms with Crippen LogP contribution in [0.2, 0.25) is 0 Å². The molecule has 12 N–H and O–H groups in total. The van der Waals surface area contributed by atoms with Gasteiger partial charge in [-0.15, -0.1) is 0 Å². The fourth-order valence-corrected chi connectivity index (χ4v) is 8.73. The molecule has 0 aromatic rings. The first kappa shape index (κ1) is 70.5. The van der Waals surface area contributed by atoms with Gasteiger partial charge in [0.15, 0.2) is 18.9 Å². The zero-order chi connectivity index (χ0) is 58.3. The fraction of sp³-hybridized carbons (Fsp3) is 0.656. The van der Waals surface area contributed by atoms with Gasteiger partial charge in [0.2, 0.25) is 5.91 Å². The van der Waals surface area contributed by atoms with Gasteiger partial charge in [-0.2, -0.15) is 0 Å². The molecule has 3 aliphatic heterocycles. The van der Waals surface area contributed by atoms with Crippen LogP contribution in [-0.4, -0.2) is 193 Å². The Balaban J connectivity index is 1.46. The SMILES string of the molecule is CC/C=C\C/C=C\C/C=C\C/C=C\C/C=C\C/C=C\C/C=C\C/C=C\CCCCC(=O)NC(COC1OC(CO)C(OC2OC(CO)C(OC3OC(CO)C(O)C(O)C3O)C(O)C2O)C(O)C1O)C(O)/C=C/CC/C=C/CCCC. The smallest absolute Gasteiger partial charge is 0.220 e. The average molecular weight is 1130 g/mol. The van der Waals surface area contributed by atoms with Crippen LogP contribution in [0.4, 0.5) is 0 Å². The molecule has 3 saturated heterocycles. The summed E-state index contributed by atoms with van der Waals surface area (Å²) < 4.78 is 34.1. The van der Waals surface area contributed by atoms with Gasteiger partial charge in [0.1, 0.15) is 73.2 Å². The van der Waals surface area contributed by atoms with E-state index in [4.69, 9.17) is 28.4 Å². The number of aliphatic hydroxyl groups excluding tert-OH is 11. The van der Waals surface area contributed by atoms with Gasteiger partial charge in [-0.05, 0) is 89.9 Å². The van der Waals surface area contributed by atoms with E-state index in [2.05, 4.69) is 129 Å². The Morgan fingerprint density at radius 3 is 1.35 bits per heavy atom. The second kappa shape index (κ2) is 42.9. The van der Waals surface area contributed by atoms with Crippen molar-refractivity contribution in [2.24, 2.45) is 0 Å². The summed E-state index contributed by atoms with van der Waals surface area (Å²) in [6, 6.07) is -1.02. The second-order valence-electron chi connectivity index (χ2n) is 20.0. The third kappa shape index (κ3) is 26.6. The lowest BCUT2D eigenvalue weighted by Crippen LogP contribution is -2.66. The van der Waals surface area contributed by atoms with Crippen molar-refractivity contribution in [1.29, 1.82) is 0 Å². The summed E-state index contributed by atoms with van der Waals surface area (Å²) in [5.41, 5.74) is 0. The van der Waals surface area contributed by atoms with Gasteiger partial charge in [-0.3, -0.25) is 4.79 Å². The van der Waals surface area contributed by atoms with Crippen LogP contribution in [-0.2, 0) is 33.2 Å². The maximum absolute atomic E-state index is 13.2. The van der Waals surface area contributed by atoms with Gasteiger partial charge >= 0.3 is 0 Å². The molecule has 1 amide bonds. The molecule has 0 bridgehead atoms. The van der Waals surface area contributed by atoms with E-state index >= 15 is 0 Å². The summed E-state index contributed by atoms with van der Waals surface area (Å²) in [7, 11) is 0. The van der Waals surface area contributed by atoms with Crippen molar-refractivity contribution >= 4 is 5.91 Å². The van der Waals surface area contributed by atoms with E-state index in [1.807, 2.05) is 0 Å². The molecule has 454 valence electrons. The highest BCUT2D eigenvalue weighted by Crippen LogP contribution is 2.33. The number of amides is 1. The van der Waals surface area contributed by atoms with Crippen LogP contribution in [0.1, 0.15) is 123 Å². The zero-order valence-corrected chi connectivity index (χ0v) is 47.0. The Bertz CT molecular complexity index is 1930. The Kier molecular flexibility index (Phi) is 37.8. The highest BCUT2D eigenvalue weighted by molar-refractivity contribution is 5.76. The number of hydrogen-bond donors (Lipinski definition) is 12. The van der Waals surface area contributed by atoms with Crippen molar-refractivity contribution in [2.45, 2.75) is 227 Å². The van der Waals surface area contributed by atoms with Gasteiger partial charge in [-0.1, -0.05) is 148 Å².